The first-order valence-corrected chi connectivity index (χ1v) is 6.24. The molecule has 0 radical (unpaired) electrons. The Morgan fingerprint density at radius 2 is 2.00 bits per heavy atom. The zero-order valence-electron chi connectivity index (χ0n) is 12.3. The van der Waals surface area contributed by atoms with Gasteiger partial charge in [-0.15, -0.1) is 0 Å². The van der Waals surface area contributed by atoms with Gasteiger partial charge in [0.25, 0.3) is 0 Å². The average molecular weight is 338 g/mol. The van der Waals surface area contributed by atoms with Gasteiger partial charge in [-0.2, -0.15) is 18.3 Å². The number of anilines is 1. The van der Waals surface area contributed by atoms with Crippen molar-refractivity contribution >= 4 is 23.4 Å². The Morgan fingerprint density at radius 1 is 1.48 bits per heavy atom. The van der Waals surface area contributed by atoms with Crippen LogP contribution >= 0.6 is 0 Å². The first-order chi connectivity index (χ1) is 10.4. The van der Waals surface area contributed by atoms with Crippen LogP contribution < -0.4 is 4.90 Å². The second-order valence-corrected chi connectivity index (χ2v) is 4.57. The molecule has 1 aromatic rings. The fourth-order valence-electron chi connectivity index (χ4n) is 2.11. The molecule has 1 unspecified atom stereocenters. The van der Waals surface area contributed by atoms with Gasteiger partial charge in [0.2, 0.25) is 5.82 Å². The van der Waals surface area contributed by atoms with E-state index in [4.69, 9.17) is 5.11 Å². The molecule has 1 aromatic heterocycles. The third-order valence-electron chi connectivity index (χ3n) is 3.02. The monoisotopic (exact) mass is 338 g/mol. The molecule has 1 N–H and O–H groups in total. The number of amides is 1. The van der Waals surface area contributed by atoms with Crippen LogP contribution in [0, 0.1) is 17.0 Å². The van der Waals surface area contributed by atoms with Crippen LogP contribution in [-0.4, -0.2) is 43.9 Å². The molecule has 23 heavy (non-hydrogen) atoms. The first kappa shape index (κ1) is 18.4. The number of aromatic nitrogens is 2. The minimum atomic E-state index is -5.41. The van der Waals surface area contributed by atoms with Gasteiger partial charge in [-0.1, -0.05) is 6.92 Å². The highest BCUT2D eigenvalue weighted by Crippen LogP contribution is 2.35. The third-order valence-corrected chi connectivity index (χ3v) is 3.02. The molecule has 0 saturated carbocycles. The Bertz CT molecular complexity index is 655. The van der Waals surface area contributed by atoms with Gasteiger partial charge in [0.05, 0.1) is 4.92 Å². The van der Waals surface area contributed by atoms with E-state index in [1.54, 1.807) is 0 Å². The molecular formula is C11H13F3N4O5. The summed E-state index contributed by atoms with van der Waals surface area (Å²) in [5.74, 6) is -5.07. The van der Waals surface area contributed by atoms with E-state index in [0.29, 0.717) is 4.68 Å². The van der Waals surface area contributed by atoms with E-state index in [1.807, 2.05) is 0 Å². The molecule has 9 nitrogen and oxygen atoms in total. The van der Waals surface area contributed by atoms with E-state index >= 15 is 0 Å². The van der Waals surface area contributed by atoms with Crippen molar-refractivity contribution in [1.82, 2.24) is 9.78 Å². The van der Waals surface area contributed by atoms with Crippen molar-refractivity contribution in [2.75, 3.05) is 4.90 Å². The van der Waals surface area contributed by atoms with Crippen LogP contribution in [0.3, 0.4) is 0 Å². The number of carbonyl (C=O) groups excluding carboxylic acids is 1. The summed E-state index contributed by atoms with van der Waals surface area (Å²) in [7, 11) is 1.08. The second-order valence-electron chi connectivity index (χ2n) is 4.57. The minimum Gasteiger partial charge on any atom is -0.480 e. The van der Waals surface area contributed by atoms with Gasteiger partial charge in [0.15, 0.2) is 0 Å². The number of halogens is 3. The summed E-state index contributed by atoms with van der Waals surface area (Å²) in [6.45, 7) is 2.41. The number of hydrogen-bond acceptors (Lipinski definition) is 5. The maximum absolute atomic E-state index is 12.8. The molecule has 0 aliphatic carbocycles. The molecule has 0 aromatic carbocycles. The highest BCUT2D eigenvalue weighted by atomic mass is 19.4. The second kappa shape index (κ2) is 6.22. The normalized spacial score (nSPS) is 12.8. The number of nitro groups is 1. The summed E-state index contributed by atoms with van der Waals surface area (Å²) in [5.41, 5.74) is -1.10. The number of aliphatic carboxylic acids is 1. The van der Waals surface area contributed by atoms with Gasteiger partial charge in [-0.25, -0.2) is 9.48 Å². The maximum atomic E-state index is 12.8. The van der Waals surface area contributed by atoms with Crippen LogP contribution in [0.5, 0.6) is 0 Å². The number of carboxylic acids is 1. The molecule has 1 heterocycles. The summed E-state index contributed by atoms with van der Waals surface area (Å²) in [5, 5.41) is 23.8. The van der Waals surface area contributed by atoms with Crippen molar-refractivity contribution in [3.63, 3.8) is 0 Å². The smallest absolute Gasteiger partial charge is 0.471 e. The number of hydrogen-bond donors (Lipinski definition) is 1. The van der Waals surface area contributed by atoms with E-state index in [-0.39, 0.29) is 10.6 Å². The lowest BCUT2D eigenvalue weighted by Gasteiger charge is -2.27. The molecule has 128 valence electrons. The molecule has 0 bridgehead atoms. The van der Waals surface area contributed by atoms with Crippen molar-refractivity contribution < 1.29 is 32.8 Å². The van der Waals surface area contributed by atoms with Crippen LogP contribution in [-0.2, 0) is 16.6 Å². The van der Waals surface area contributed by atoms with Crippen molar-refractivity contribution in [2.45, 2.75) is 32.5 Å². The fourth-order valence-corrected chi connectivity index (χ4v) is 2.11. The predicted octanol–water partition coefficient (Wildman–Crippen LogP) is 1.40. The van der Waals surface area contributed by atoms with E-state index in [2.05, 4.69) is 5.10 Å². The lowest BCUT2D eigenvalue weighted by atomic mass is 10.1. The summed E-state index contributed by atoms with van der Waals surface area (Å²) < 4.78 is 39.2. The molecule has 12 heteroatoms. The molecule has 1 rings (SSSR count). The third kappa shape index (κ3) is 3.40. The Labute approximate surface area is 127 Å². The Morgan fingerprint density at radius 3 is 2.35 bits per heavy atom. The minimum absolute atomic E-state index is 0.138. The number of aryl methyl sites for hydroxylation is 2. The molecular weight excluding hydrogens is 325 g/mol. The van der Waals surface area contributed by atoms with Crippen LogP contribution in [0.15, 0.2) is 0 Å². The van der Waals surface area contributed by atoms with Crippen molar-refractivity contribution in [3.8, 4) is 0 Å². The molecule has 1 atom stereocenters. The predicted molar refractivity (Wildman–Crippen MR) is 69.9 cm³/mol. The zero-order chi connectivity index (χ0) is 18.1. The topological polar surface area (TPSA) is 119 Å². The largest absolute Gasteiger partial charge is 0.480 e. The SMILES string of the molecule is CCC(C(=O)O)N(C(=O)C(F)(F)F)c1c([N+](=O)[O-])c(C)nn1C. The highest BCUT2D eigenvalue weighted by molar-refractivity contribution is 6.03. The molecule has 0 aliphatic heterocycles. The molecule has 0 aliphatic rings. The number of nitrogens with zero attached hydrogens (tertiary/aromatic N) is 4. The van der Waals surface area contributed by atoms with Crippen LogP contribution in [0.25, 0.3) is 0 Å². The van der Waals surface area contributed by atoms with E-state index in [9.17, 15) is 32.9 Å². The number of carbonyl (C=O) groups is 2. The number of carboxylic acid groups (broad SMARTS) is 1. The number of rotatable bonds is 5. The van der Waals surface area contributed by atoms with E-state index < -0.39 is 46.9 Å². The Kier molecular flexibility index (Phi) is 4.97. The van der Waals surface area contributed by atoms with Gasteiger partial charge in [0.1, 0.15) is 11.7 Å². The molecule has 0 spiro atoms. The van der Waals surface area contributed by atoms with Crippen molar-refractivity contribution in [2.24, 2.45) is 7.05 Å². The Hall–Kier alpha value is -2.66. The highest BCUT2D eigenvalue weighted by Gasteiger charge is 2.49. The van der Waals surface area contributed by atoms with Crippen molar-refractivity contribution in [3.05, 3.63) is 15.8 Å². The first-order valence-electron chi connectivity index (χ1n) is 6.24. The summed E-state index contributed by atoms with van der Waals surface area (Å²) in [6, 6.07) is -1.93. The molecule has 1 amide bonds. The standard InChI is InChI=1S/C11H13F3N4O5/c1-4-6(9(19)20)17(10(21)11(12,13)14)8-7(18(22)23)5(2)15-16(8)3/h6H,4H2,1-3H3,(H,19,20). The van der Waals surface area contributed by atoms with Crippen molar-refractivity contribution in [1.29, 1.82) is 0 Å². The lowest BCUT2D eigenvalue weighted by Crippen LogP contribution is -2.51. The Balaban J connectivity index is 3.69. The van der Waals surface area contributed by atoms with Crippen LogP contribution in [0.2, 0.25) is 0 Å². The van der Waals surface area contributed by atoms with Gasteiger partial charge in [0, 0.05) is 7.05 Å². The zero-order valence-corrected chi connectivity index (χ0v) is 12.3. The van der Waals surface area contributed by atoms with E-state index in [1.165, 1.54) is 13.8 Å². The molecule has 0 saturated heterocycles. The number of alkyl halides is 3. The molecule has 0 fully saturated rings. The summed E-state index contributed by atoms with van der Waals surface area (Å²) in [6.07, 6.45) is -5.80. The van der Waals surface area contributed by atoms with Crippen LogP contribution in [0.1, 0.15) is 19.0 Å². The van der Waals surface area contributed by atoms with Gasteiger partial charge in [-0.05, 0) is 13.3 Å². The van der Waals surface area contributed by atoms with Gasteiger partial charge < -0.3 is 5.11 Å². The van der Waals surface area contributed by atoms with Gasteiger partial charge >= 0.3 is 23.7 Å². The van der Waals surface area contributed by atoms with Gasteiger partial charge in [-0.3, -0.25) is 19.8 Å². The fraction of sp³-hybridized carbons (Fsp3) is 0.545. The van der Waals surface area contributed by atoms with E-state index in [0.717, 1.165) is 7.05 Å². The summed E-state index contributed by atoms with van der Waals surface area (Å²) >= 11 is 0. The van der Waals surface area contributed by atoms with Crippen LogP contribution in [0.4, 0.5) is 24.7 Å². The maximum Gasteiger partial charge on any atom is 0.471 e. The average Bonchev–Trinajstić information content (AvgIpc) is 2.68. The lowest BCUT2D eigenvalue weighted by molar-refractivity contribution is -0.384. The quantitative estimate of drug-likeness (QED) is 0.640. The summed E-state index contributed by atoms with van der Waals surface area (Å²) in [4.78, 5) is 32.8.